The zero-order chi connectivity index (χ0) is 12.1. The molecular weight excluding hydrogens is 234 g/mol. The van der Waals surface area contributed by atoms with Gasteiger partial charge in [0, 0.05) is 20.3 Å². The number of aromatic nitrogens is 1. The number of methoxy groups -OCH3 is 1. The van der Waals surface area contributed by atoms with E-state index in [4.69, 9.17) is 10.5 Å². The summed E-state index contributed by atoms with van der Waals surface area (Å²) in [5, 5.41) is 3.34. The van der Waals surface area contributed by atoms with Gasteiger partial charge >= 0.3 is 0 Å². The fourth-order valence-electron chi connectivity index (χ4n) is 1.70. The average molecular weight is 251 g/mol. The van der Waals surface area contributed by atoms with Gasteiger partial charge in [0.1, 0.15) is 5.52 Å². The SMILES string of the molecule is COCCCCNc1ccc2scnc2c1N. The minimum Gasteiger partial charge on any atom is -0.395 e. The Balaban J connectivity index is 1.96. The normalized spacial score (nSPS) is 10.9. The molecule has 92 valence electrons. The van der Waals surface area contributed by atoms with Gasteiger partial charge in [-0.25, -0.2) is 4.98 Å². The van der Waals surface area contributed by atoms with E-state index >= 15 is 0 Å². The molecule has 1 aromatic carbocycles. The zero-order valence-electron chi connectivity index (χ0n) is 9.90. The summed E-state index contributed by atoms with van der Waals surface area (Å²) < 4.78 is 6.14. The Labute approximate surface area is 105 Å². The Kier molecular flexibility index (Phi) is 4.17. The van der Waals surface area contributed by atoms with Gasteiger partial charge in [0.05, 0.1) is 21.6 Å². The Morgan fingerprint density at radius 1 is 1.41 bits per heavy atom. The number of unbranched alkanes of at least 4 members (excludes halogenated alkanes) is 1. The van der Waals surface area contributed by atoms with Gasteiger partial charge in [-0.05, 0) is 25.0 Å². The first-order chi connectivity index (χ1) is 8.33. The van der Waals surface area contributed by atoms with Crippen LogP contribution in [0.25, 0.3) is 10.2 Å². The number of nitrogens with two attached hydrogens (primary N) is 1. The van der Waals surface area contributed by atoms with Crippen molar-refractivity contribution in [2.45, 2.75) is 12.8 Å². The predicted molar refractivity (Wildman–Crippen MR) is 73.6 cm³/mol. The summed E-state index contributed by atoms with van der Waals surface area (Å²) in [6.45, 7) is 1.71. The van der Waals surface area contributed by atoms with E-state index in [-0.39, 0.29) is 0 Å². The quantitative estimate of drug-likeness (QED) is 0.612. The van der Waals surface area contributed by atoms with Crippen molar-refractivity contribution in [2.24, 2.45) is 0 Å². The monoisotopic (exact) mass is 251 g/mol. The number of fused-ring (bicyclic) bond motifs is 1. The van der Waals surface area contributed by atoms with Gasteiger partial charge < -0.3 is 15.8 Å². The molecule has 0 amide bonds. The number of rotatable bonds is 6. The molecule has 1 heterocycles. The van der Waals surface area contributed by atoms with Crippen LogP contribution in [-0.2, 0) is 4.74 Å². The summed E-state index contributed by atoms with van der Waals surface area (Å²) in [5.74, 6) is 0. The Bertz CT molecular complexity index is 484. The molecule has 0 saturated carbocycles. The molecule has 0 spiro atoms. The predicted octanol–water partition coefficient (Wildman–Crippen LogP) is 2.72. The first-order valence-electron chi connectivity index (χ1n) is 5.67. The van der Waals surface area contributed by atoms with E-state index in [1.54, 1.807) is 18.4 Å². The number of thiazole rings is 1. The second-order valence-electron chi connectivity index (χ2n) is 3.85. The third kappa shape index (κ3) is 2.87. The first kappa shape index (κ1) is 12.1. The molecule has 0 fully saturated rings. The number of hydrogen-bond acceptors (Lipinski definition) is 5. The van der Waals surface area contributed by atoms with Crippen molar-refractivity contribution in [1.29, 1.82) is 0 Å². The van der Waals surface area contributed by atoms with Crippen molar-refractivity contribution in [2.75, 3.05) is 31.3 Å². The van der Waals surface area contributed by atoms with Crippen molar-refractivity contribution < 1.29 is 4.74 Å². The summed E-state index contributed by atoms with van der Waals surface area (Å²) in [4.78, 5) is 4.27. The maximum absolute atomic E-state index is 6.06. The zero-order valence-corrected chi connectivity index (χ0v) is 10.7. The van der Waals surface area contributed by atoms with Gasteiger partial charge in [0.25, 0.3) is 0 Å². The van der Waals surface area contributed by atoms with Crippen LogP contribution in [-0.4, -0.2) is 25.2 Å². The third-order valence-corrected chi connectivity index (χ3v) is 3.43. The smallest absolute Gasteiger partial charge is 0.106 e. The number of hydrogen-bond donors (Lipinski definition) is 2. The minimum atomic E-state index is 0.746. The Morgan fingerprint density at radius 2 is 2.29 bits per heavy atom. The largest absolute Gasteiger partial charge is 0.395 e. The molecule has 1 aromatic heterocycles. The van der Waals surface area contributed by atoms with Gasteiger partial charge in [0.15, 0.2) is 0 Å². The molecular formula is C12H17N3OS. The number of nitrogen functional groups attached to an aromatic ring is 1. The molecule has 2 rings (SSSR count). The average Bonchev–Trinajstić information content (AvgIpc) is 2.80. The lowest BCUT2D eigenvalue weighted by molar-refractivity contribution is 0.194. The molecule has 0 unspecified atom stereocenters. The molecule has 5 heteroatoms. The van der Waals surface area contributed by atoms with Crippen molar-refractivity contribution >= 4 is 32.9 Å². The lowest BCUT2D eigenvalue weighted by atomic mass is 10.2. The van der Waals surface area contributed by atoms with E-state index in [0.717, 1.165) is 47.6 Å². The summed E-state index contributed by atoms with van der Waals surface area (Å²) in [6, 6.07) is 4.08. The number of anilines is 2. The summed E-state index contributed by atoms with van der Waals surface area (Å²) in [6.07, 6.45) is 2.13. The van der Waals surface area contributed by atoms with Crippen LogP contribution in [0, 0.1) is 0 Å². The van der Waals surface area contributed by atoms with Crippen molar-refractivity contribution in [1.82, 2.24) is 4.98 Å². The van der Waals surface area contributed by atoms with Crippen LogP contribution in [0.3, 0.4) is 0 Å². The molecule has 17 heavy (non-hydrogen) atoms. The lowest BCUT2D eigenvalue weighted by Gasteiger charge is -2.09. The molecule has 0 radical (unpaired) electrons. The maximum Gasteiger partial charge on any atom is 0.106 e. The van der Waals surface area contributed by atoms with Crippen molar-refractivity contribution in [3.8, 4) is 0 Å². The van der Waals surface area contributed by atoms with E-state index in [2.05, 4.69) is 16.4 Å². The highest BCUT2D eigenvalue weighted by Crippen LogP contribution is 2.29. The first-order valence-corrected chi connectivity index (χ1v) is 6.55. The topological polar surface area (TPSA) is 60.2 Å². The molecule has 3 N–H and O–H groups in total. The van der Waals surface area contributed by atoms with E-state index in [0.29, 0.717) is 0 Å². The van der Waals surface area contributed by atoms with Gasteiger partial charge in [-0.2, -0.15) is 0 Å². The van der Waals surface area contributed by atoms with Gasteiger partial charge in [-0.3, -0.25) is 0 Å². The van der Waals surface area contributed by atoms with Crippen LogP contribution < -0.4 is 11.1 Å². The van der Waals surface area contributed by atoms with Gasteiger partial charge in [-0.1, -0.05) is 0 Å². The number of nitrogens with one attached hydrogen (secondary N) is 1. The van der Waals surface area contributed by atoms with E-state index in [9.17, 15) is 0 Å². The standard InChI is InChI=1S/C12H17N3OS/c1-16-7-3-2-6-14-9-4-5-10-12(11(9)13)15-8-17-10/h4-5,8,14H,2-3,6-7,13H2,1H3. The van der Waals surface area contributed by atoms with Crippen LogP contribution in [0.5, 0.6) is 0 Å². The van der Waals surface area contributed by atoms with Crippen LogP contribution >= 0.6 is 11.3 Å². The van der Waals surface area contributed by atoms with Crippen LogP contribution in [0.15, 0.2) is 17.6 Å². The van der Waals surface area contributed by atoms with Crippen molar-refractivity contribution in [3.05, 3.63) is 17.6 Å². The maximum atomic E-state index is 6.06. The minimum absolute atomic E-state index is 0.746. The highest BCUT2D eigenvalue weighted by atomic mass is 32.1. The highest BCUT2D eigenvalue weighted by Gasteiger charge is 2.05. The molecule has 0 aliphatic carbocycles. The van der Waals surface area contributed by atoms with Crippen molar-refractivity contribution in [3.63, 3.8) is 0 Å². The van der Waals surface area contributed by atoms with E-state index < -0.39 is 0 Å². The van der Waals surface area contributed by atoms with E-state index in [1.807, 2.05) is 11.6 Å². The van der Waals surface area contributed by atoms with E-state index in [1.165, 1.54) is 0 Å². The molecule has 4 nitrogen and oxygen atoms in total. The number of benzene rings is 1. The summed E-state index contributed by atoms with van der Waals surface area (Å²) in [7, 11) is 1.72. The number of nitrogens with zero attached hydrogens (tertiary/aromatic N) is 1. The third-order valence-electron chi connectivity index (χ3n) is 2.63. The lowest BCUT2D eigenvalue weighted by Crippen LogP contribution is -2.05. The molecule has 0 saturated heterocycles. The molecule has 0 aliphatic rings. The summed E-state index contributed by atoms with van der Waals surface area (Å²) >= 11 is 1.61. The highest BCUT2D eigenvalue weighted by molar-refractivity contribution is 7.16. The Hall–Kier alpha value is -1.33. The molecule has 0 aliphatic heterocycles. The fourth-order valence-corrected chi connectivity index (χ4v) is 2.39. The fraction of sp³-hybridized carbons (Fsp3) is 0.417. The number of ether oxygens (including phenoxy) is 1. The Morgan fingerprint density at radius 3 is 3.12 bits per heavy atom. The van der Waals surface area contributed by atoms with Crippen LogP contribution in [0.1, 0.15) is 12.8 Å². The molecule has 2 aromatic rings. The molecule has 0 bridgehead atoms. The molecule has 0 atom stereocenters. The van der Waals surface area contributed by atoms with Crippen LogP contribution in [0.4, 0.5) is 11.4 Å². The van der Waals surface area contributed by atoms with Crippen LogP contribution in [0.2, 0.25) is 0 Å². The summed E-state index contributed by atoms with van der Waals surface area (Å²) in [5.41, 5.74) is 10.5. The van der Waals surface area contributed by atoms with Gasteiger partial charge in [0.2, 0.25) is 0 Å². The van der Waals surface area contributed by atoms with Gasteiger partial charge in [-0.15, -0.1) is 11.3 Å². The second kappa shape index (κ2) is 5.84. The second-order valence-corrected chi connectivity index (χ2v) is 4.74.